The monoisotopic (exact) mass is 167 g/mol. The maximum absolute atomic E-state index is 8.60. The molecule has 0 radical (unpaired) electrons. The van der Waals surface area contributed by atoms with Gasteiger partial charge in [-0.25, -0.2) is 0 Å². The molecule has 0 saturated carbocycles. The van der Waals surface area contributed by atoms with E-state index in [4.69, 9.17) is 5.26 Å². The number of rotatable bonds is 5. The zero-order chi connectivity index (χ0) is 9.56. The highest BCUT2D eigenvalue weighted by Gasteiger charge is 2.12. The van der Waals surface area contributed by atoms with Crippen LogP contribution in [0.1, 0.15) is 47.0 Å². The average molecular weight is 167 g/mol. The second-order valence-corrected chi connectivity index (χ2v) is 4.34. The Morgan fingerprint density at radius 3 is 2.00 bits per heavy atom. The summed E-state index contributed by atoms with van der Waals surface area (Å²) in [7, 11) is 0. The molecular formula is C11H21N. The van der Waals surface area contributed by atoms with Gasteiger partial charge in [-0.1, -0.05) is 34.1 Å². The van der Waals surface area contributed by atoms with E-state index in [1.165, 1.54) is 12.8 Å². The molecule has 1 nitrogen and oxygen atoms in total. The van der Waals surface area contributed by atoms with Crippen molar-refractivity contribution in [3.8, 4) is 6.07 Å². The molecule has 1 unspecified atom stereocenters. The molecule has 0 amide bonds. The van der Waals surface area contributed by atoms with Crippen LogP contribution in [-0.4, -0.2) is 0 Å². The van der Waals surface area contributed by atoms with Crippen molar-refractivity contribution in [1.29, 1.82) is 5.26 Å². The number of hydrogen-bond donors (Lipinski definition) is 0. The first-order valence-electron chi connectivity index (χ1n) is 4.94. The van der Waals surface area contributed by atoms with E-state index in [9.17, 15) is 0 Å². The molecule has 0 rings (SSSR count). The molecule has 0 spiro atoms. The molecule has 1 heteroatoms. The van der Waals surface area contributed by atoms with Crippen LogP contribution in [0.25, 0.3) is 0 Å². The molecule has 0 aliphatic heterocycles. The first-order valence-corrected chi connectivity index (χ1v) is 4.94. The normalized spacial score (nSPS) is 13.4. The van der Waals surface area contributed by atoms with Crippen molar-refractivity contribution in [2.45, 2.75) is 47.0 Å². The lowest BCUT2D eigenvalue weighted by atomic mass is 9.87. The molecule has 0 N–H and O–H groups in total. The van der Waals surface area contributed by atoms with E-state index in [2.05, 4.69) is 33.8 Å². The van der Waals surface area contributed by atoms with E-state index < -0.39 is 0 Å². The highest BCUT2D eigenvalue weighted by Crippen LogP contribution is 2.22. The topological polar surface area (TPSA) is 23.8 Å². The summed E-state index contributed by atoms with van der Waals surface area (Å²) in [4.78, 5) is 0. The van der Waals surface area contributed by atoms with Crippen LogP contribution < -0.4 is 0 Å². The third-order valence-corrected chi connectivity index (χ3v) is 2.41. The fourth-order valence-electron chi connectivity index (χ4n) is 1.34. The van der Waals surface area contributed by atoms with Crippen molar-refractivity contribution >= 4 is 0 Å². The lowest BCUT2D eigenvalue weighted by molar-refractivity contribution is 0.337. The number of nitriles is 1. The SMILES string of the molecule is CC(C)CCC(CC#N)C(C)C. The van der Waals surface area contributed by atoms with Crippen LogP contribution in [0.15, 0.2) is 0 Å². The second-order valence-electron chi connectivity index (χ2n) is 4.34. The Hall–Kier alpha value is -0.510. The molecule has 0 heterocycles. The van der Waals surface area contributed by atoms with Gasteiger partial charge in [-0.3, -0.25) is 0 Å². The van der Waals surface area contributed by atoms with Gasteiger partial charge in [0.2, 0.25) is 0 Å². The summed E-state index contributed by atoms with van der Waals surface area (Å²) in [5.41, 5.74) is 0. The maximum atomic E-state index is 8.60. The Kier molecular flexibility index (Phi) is 5.80. The summed E-state index contributed by atoms with van der Waals surface area (Å²) in [5, 5.41) is 8.60. The molecule has 0 aromatic rings. The Balaban J connectivity index is 3.73. The zero-order valence-corrected chi connectivity index (χ0v) is 8.80. The molecule has 0 fully saturated rings. The van der Waals surface area contributed by atoms with Crippen molar-refractivity contribution in [2.75, 3.05) is 0 Å². The van der Waals surface area contributed by atoms with Gasteiger partial charge in [-0.2, -0.15) is 5.26 Å². The Morgan fingerprint density at radius 2 is 1.67 bits per heavy atom. The Morgan fingerprint density at radius 1 is 1.08 bits per heavy atom. The third kappa shape index (κ3) is 5.18. The first-order chi connectivity index (χ1) is 5.57. The minimum absolute atomic E-state index is 0.609. The minimum atomic E-state index is 0.609. The Labute approximate surface area is 76.8 Å². The smallest absolute Gasteiger partial charge is 0.0624 e. The molecule has 0 saturated heterocycles. The van der Waals surface area contributed by atoms with E-state index in [-0.39, 0.29) is 0 Å². The van der Waals surface area contributed by atoms with Gasteiger partial charge in [-0.15, -0.1) is 0 Å². The van der Waals surface area contributed by atoms with Crippen LogP contribution in [0.2, 0.25) is 0 Å². The zero-order valence-electron chi connectivity index (χ0n) is 8.80. The van der Waals surface area contributed by atoms with E-state index in [1.807, 2.05) is 0 Å². The summed E-state index contributed by atoms with van der Waals surface area (Å²) < 4.78 is 0. The van der Waals surface area contributed by atoms with Gasteiger partial charge in [0, 0.05) is 6.42 Å². The van der Waals surface area contributed by atoms with Crippen LogP contribution in [0.3, 0.4) is 0 Å². The molecular weight excluding hydrogens is 146 g/mol. The van der Waals surface area contributed by atoms with E-state index in [1.54, 1.807) is 0 Å². The van der Waals surface area contributed by atoms with Crippen molar-refractivity contribution in [2.24, 2.45) is 17.8 Å². The van der Waals surface area contributed by atoms with Crippen molar-refractivity contribution in [3.05, 3.63) is 0 Å². The lowest BCUT2D eigenvalue weighted by Crippen LogP contribution is -2.09. The predicted molar refractivity (Wildman–Crippen MR) is 52.6 cm³/mol. The van der Waals surface area contributed by atoms with Crippen LogP contribution in [-0.2, 0) is 0 Å². The maximum Gasteiger partial charge on any atom is 0.0624 e. The molecule has 0 bridgehead atoms. The van der Waals surface area contributed by atoms with Gasteiger partial charge >= 0.3 is 0 Å². The second kappa shape index (κ2) is 6.06. The van der Waals surface area contributed by atoms with Crippen molar-refractivity contribution in [3.63, 3.8) is 0 Å². The Bertz CT molecular complexity index is 142. The molecule has 0 aliphatic rings. The van der Waals surface area contributed by atoms with Gasteiger partial charge in [0.1, 0.15) is 0 Å². The van der Waals surface area contributed by atoms with Gasteiger partial charge in [0.15, 0.2) is 0 Å². The fraction of sp³-hybridized carbons (Fsp3) is 0.909. The van der Waals surface area contributed by atoms with Gasteiger partial charge in [0.25, 0.3) is 0 Å². The third-order valence-electron chi connectivity index (χ3n) is 2.41. The van der Waals surface area contributed by atoms with Crippen molar-refractivity contribution < 1.29 is 0 Å². The summed E-state index contributed by atoms with van der Waals surface area (Å²) in [5.74, 6) is 2.03. The summed E-state index contributed by atoms with van der Waals surface area (Å²) in [6.45, 7) is 8.90. The quantitative estimate of drug-likeness (QED) is 0.613. The molecule has 0 aromatic carbocycles. The number of hydrogen-bond acceptors (Lipinski definition) is 1. The van der Waals surface area contributed by atoms with E-state index >= 15 is 0 Å². The average Bonchev–Trinajstić information content (AvgIpc) is 1.96. The minimum Gasteiger partial charge on any atom is -0.198 e. The van der Waals surface area contributed by atoms with Gasteiger partial charge < -0.3 is 0 Å². The van der Waals surface area contributed by atoms with Crippen LogP contribution in [0.4, 0.5) is 0 Å². The van der Waals surface area contributed by atoms with Gasteiger partial charge in [-0.05, 0) is 24.2 Å². The van der Waals surface area contributed by atoms with Crippen LogP contribution in [0, 0.1) is 29.1 Å². The summed E-state index contributed by atoms with van der Waals surface area (Å²) in [6, 6.07) is 2.27. The van der Waals surface area contributed by atoms with Crippen LogP contribution >= 0.6 is 0 Å². The van der Waals surface area contributed by atoms with E-state index in [0.717, 1.165) is 12.3 Å². The molecule has 12 heavy (non-hydrogen) atoms. The standard InChI is InChI=1S/C11H21N/c1-9(2)5-6-11(7-8-12)10(3)4/h9-11H,5-7H2,1-4H3. The largest absolute Gasteiger partial charge is 0.198 e. The summed E-state index contributed by atoms with van der Waals surface area (Å²) in [6.07, 6.45) is 3.19. The fourth-order valence-corrected chi connectivity index (χ4v) is 1.34. The highest BCUT2D eigenvalue weighted by molar-refractivity contribution is 4.77. The lowest BCUT2D eigenvalue weighted by Gasteiger charge is -2.18. The molecule has 0 aliphatic carbocycles. The molecule has 0 aromatic heterocycles. The molecule has 70 valence electrons. The number of nitrogens with zero attached hydrogens (tertiary/aromatic N) is 1. The summed E-state index contributed by atoms with van der Waals surface area (Å²) >= 11 is 0. The van der Waals surface area contributed by atoms with E-state index in [0.29, 0.717) is 11.8 Å². The van der Waals surface area contributed by atoms with Crippen molar-refractivity contribution in [1.82, 2.24) is 0 Å². The van der Waals surface area contributed by atoms with Crippen LogP contribution in [0.5, 0.6) is 0 Å². The first kappa shape index (κ1) is 11.5. The highest BCUT2D eigenvalue weighted by atomic mass is 14.3. The molecule has 1 atom stereocenters. The van der Waals surface area contributed by atoms with Gasteiger partial charge in [0.05, 0.1) is 6.07 Å². The predicted octanol–water partition coefficient (Wildman–Crippen LogP) is 3.61.